The maximum Gasteiger partial charge on any atom is 0.238 e. The fourth-order valence-electron chi connectivity index (χ4n) is 2.15. The Morgan fingerprint density at radius 1 is 1.37 bits per heavy atom. The molecule has 0 saturated heterocycles. The lowest BCUT2D eigenvalue weighted by Gasteiger charge is -2.20. The van der Waals surface area contributed by atoms with Crippen molar-refractivity contribution in [2.45, 2.75) is 51.1 Å². The molecule has 0 bridgehead atoms. The fraction of sp³-hybridized carbons (Fsp3) is 0.917. The molecular weight excluding hydrogens is 284 g/mol. The molecule has 19 heavy (non-hydrogen) atoms. The second kappa shape index (κ2) is 8.11. The van der Waals surface area contributed by atoms with Gasteiger partial charge in [-0.1, -0.05) is 12.8 Å². The lowest BCUT2D eigenvalue weighted by atomic mass is 10.2. The van der Waals surface area contributed by atoms with E-state index in [-0.39, 0.29) is 17.7 Å². The first kappa shape index (κ1) is 16.8. The first-order chi connectivity index (χ1) is 8.98. The molecule has 0 aromatic rings. The molecule has 1 aliphatic rings. The minimum atomic E-state index is -3.35. The first-order valence-electron chi connectivity index (χ1n) is 6.78. The van der Waals surface area contributed by atoms with E-state index in [9.17, 15) is 13.2 Å². The Bertz CT molecular complexity index is 378. The summed E-state index contributed by atoms with van der Waals surface area (Å²) in [6.45, 7) is 1.57. The highest BCUT2D eigenvalue weighted by molar-refractivity contribution is 7.98. The Kier molecular flexibility index (Phi) is 7.17. The first-order valence-corrected chi connectivity index (χ1v) is 9.82. The van der Waals surface area contributed by atoms with Crippen LogP contribution >= 0.6 is 11.8 Å². The zero-order valence-electron chi connectivity index (χ0n) is 11.6. The van der Waals surface area contributed by atoms with Gasteiger partial charge in [0.25, 0.3) is 0 Å². The normalized spacial score (nSPS) is 18.4. The van der Waals surface area contributed by atoms with Crippen molar-refractivity contribution < 1.29 is 13.2 Å². The third-order valence-corrected chi connectivity index (χ3v) is 5.38. The zero-order chi connectivity index (χ0) is 14.3. The van der Waals surface area contributed by atoms with E-state index in [1.165, 1.54) is 0 Å². The summed E-state index contributed by atoms with van der Waals surface area (Å²) in [6, 6.07) is -0.423. The number of amides is 1. The number of hydrogen-bond donors (Lipinski definition) is 2. The van der Waals surface area contributed by atoms with E-state index in [1.807, 2.05) is 6.26 Å². The number of carbonyl (C=O) groups is 1. The Balaban J connectivity index is 2.58. The molecule has 1 fully saturated rings. The van der Waals surface area contributed by atoms with Gasteiger partial charge >= 0.3 is 0 Å². The molecule has 112 valence electrons. The predicted molar refractivity (Wildman–Crippen MR) is 79.8 cm³/mol. The minimum Gasteiger partial charge on any atom is -0.352 e. The average molecular weight is 308 g/mol. The van der Waals surface area contributed by atoms with Crippen molar-refractivity contribution in [1.29, 1.82) is 0 Å². The number of rotatable bonds is 8. The minimum absolute atomic E-state index is 0.000519. The summed E-state index contributed by atoms with van der Waals surface area (Å²) in [4.78, 5) is 12.2. The Hall–Kier alpha value is -0.270. The highest BCUT2D eigenvalue weighted by atomic mass is 32.2. The molecule has 1 amide bonds. The third-order valence-electron chi connectivity index (χ3n) is 3.33. The average Bonchev–Trinajstić information content (AvgIpc) is 2.87. The maximum absolute atomic E-state index is 12.2. The molecule has 0 aromatic carbocycles. The number of carbonyl (C=O) groups excluding carboxylic acids is 1. The van der Waals surface area contributed by atoms with Crippen molar-refractivity contribution in [3.8, 4) is 0 Å². The molecule has 1 aliphatic carbocycles. The SMILES string of the molecule is CCS(=O)(=O)N[C@H](CCSC)C(=O)NC1CCCC1. The van der Waals surface area contributed by atoms with Crippen molar-refractivity contribution in [3.05, 3.63) is 0 Å². The van der Waals surface area contributed by atoms with Gasteiger partial charge in [-0.15, -0.1) is 0 Å². The maximum atomic E-state index is 12.2. The largest absolute Gasteiger partial charge is 0.352 e. The number of hydrogen-bond acceptors (Lipinski definition) is 4. The Morgan fingerprint density at radius 3 is 2.53 bits per heavy atom. The van der Waals surface area contributed by atoms with E-state index in [0.717, 1.165) is 31.4 Å². The number of nitrogens with one attached hydrogen (secondary N) is 2. The molecule has 0 heterocycles. The van der Waals surface area contributed by atoms with Crippen molar-refractivity contribution in [2.24, 2.45) is 0 Å². The number of thioether (sulfide) groups is 1. The number of sulfonamides is 1. The molecule has 2 N–H and O–H groups in total. The summed E-state index contributed by atoms with van der Waals surface area (Å²) >= 11 is 1.61. The molecule has 0 unspecified atom stereocenters. The predicted octanol–water partition coefficient (Wildman–Crippen LogP) is 1.11. The van der Waals surface area contributed by atoms with E-state index in [1.54, 1.807) is 18.7 Å². The van der Waals surface area contributed by atoms with Crippen molar-refractivity contribution in [1.82, 2.24) is 10.0 Å². The second-order valence-electron chi connectivity index (χ2n) is 4.85. The summed E-state index contributed by atoms with van der Waals surface area (Å²) in [6.07, 6.45) is 6.75. The standard InChI is InChI=1S/C12H24N2O3S2/c1-3-19(16,17)14-11(8-9-18-2)12(15)13-10-6-4-5-7-10/h10-11,14H,3-9H2,1-2H3,(H,13,15)/t11-/m1/s1. The van der Waals surface area contributed by atoms with Crippen LogP contribution in [0.3, 0.4) is 0 Å². The molecular formula is C12H24N2O3S2. The van der Waals surface area contributed by atoms with Gasteiger partial charge in [-0.3, -0.25) is 4.79 Å². The van der Waals surface area contributed by atoms with Crippen LogP contribution in [0.15, 0.2) is 0 Å². The topological polar surface area (TPSA) is 75.3 Å². The lowest BCUT2D eigenvalue weighted by Crippen LogP contribution is -2.49. The molecule has 0 spiro atoms. The van der Waals surface area contributed by atoms with Crippen LogP contribution in [0, 0.1) is 0 Å². The molecule has 0 aromatic heterocycles. The molecule has 5 nitrogen and oxygen atoms in total. The Labute approximate surface area is 120 Å². The summed E-state index contributed by atoms with van der Waals surface area (Å²) in [5.41, 5.74) is 0. The van der Waals surface area contributed by atoms with Crippen LogP contribution in [-0.4, -0.2) is 44.2 Å². The summed E-state index contributed by atoms with van der Waals surface area (Å²) in [7, 11) is -3.35. The smallest absolute Gasteiger partial charge is 0.238 e. The van der Waals surface area contributed by atoms with E-state index in [0.29, 0.717) is 6.42 Å². The third kappa shape index (κ3) is 6.14. The van der Waals surface area contributed by atoms with Gasteiger partial charge in [0.2, 0.25) is 15.9 Å². The molecule has 7 heteroatoms. The summed E-state index contributed by atoms with van der Waals surface area (Å²) < 4.78 is 25.7. The molecule has 0 radical (unpaired) electrons. The van der Waals surface area contributed by atoms with Gasteiger partial charge in [-0.25, -0.2) is 13.1 Å². The highest BCUT2D eigenvalue weighted by Gasteiger charge is 2.26. The Morgan fingerprint density at radius 2 is 2.00 bits per heavy atom. The van der Waals surface area contributed by atoms with E-state index < -0.39 is 16.1 Å². The fourth-order valence-corrected chi connectivity index (χ4v) is 3.45. The van der Waals surface area contributed by atoms with E-state index in [4.69, 9.17) is 0 Å². The van der Waals surface area contributed by atoms with Crippen molar-refractivity contribution in [3.63, 3.8) is 0 Å². The van der Waals surface area contributed by atoms with Crippen LogP contribution in [0.1, 0.15) is 39.0 Å². The molecule has 1 saturated carbocycles. The van der Waals surface area contributed by atoms with Crippen molar-refractivity contribution in [2.75, 3.05) is 17.8 Å². The van der Waals surface area contributed by atoms with Gasteiger partial charge in [0.05, 0.1) is 5.75 Å². The van der Waals surface area contributed by atoms with Gasteiger partial charge in [0, 0.05) is 6.04 Å². The van der Waals surface area contributed by atoms with Crippen LogP contribution in [0.2, 0.25) is 0 Å². The molecule has 1 rings (SSSR count). The van der Waals surface area contributed by atoms with Gasteiger partial charge in [-0.05, 0) is 38.2 Å². The van der Waals surface area contributed by atoms with E-state index in [2.05, 4.69) is 10.0 Å². The zero-order valence-corrected chi connectivity index (χ0v) is 13.3. The summed E-state index contributed by atoms with van der Waals surface area (Å²) in [5, 5.41) is 2.96. The van der Waals surface area contributed by atoms with E-state index >= 15 is 0 Å². The van der Waals surface area contributed by atoms with Gasteiger partial charge < -0.3 is 5.32 Å². The second-order valence-corrected chi connectivity index (χ2v) is 7.87. The summed E-state index contributed by atoms with van der Waals surface area (Å²) in [5.74, 6) is 0.576. The quantitative estimate of drug-likeness (QED) is 0.704. The van der Waals surface area contributed by atoms with Gasteiger partial charge in [-0.2, -0.15) is 11.8 Å². The van der Waals surface area contributed by atoms with Crippen LogP contribution in [0.5, 0.6) is 0 Å². The van der Waals surface area contributed by atoms with Crippen LogP contribution < -0.4 is 10.0 Å². The lowest BCUT2D eigenvalue weighted by molar-refractivity contribution is -0.123. The van der Waals surface area contributed by atoms with Crippen LogP contribution in [-0.2, 0) is 14.8 Å². The van der Waals surface area contributed by atoms with Gasteiger partial charge in [0.1, 0.15) is 6.04 Å². The highest BCUT2D eigenvalue weighted by Crippen LogP contribution is 2.18. The van der Waals surface area contributed by atoms with Crippen LogP contribution in [0.25, 0.3) is 0 Å². The molecule has 0 aliphatic heterocycles. The monoisotopic (exact) mass is 308 g/mol. The van der Waals surface area contributed by atoms with Gasteiger partial charge in [0.15, 0.2) is 0 Å². The van der Waals surface area contributed by atoms with Crippen molar-refractivity contribution >= 4 is 27.7 Å². The molecule has 1 atom stereocenters. The van der Waals surface area contributed by atoms with Crippen LogP contribution in [0.4, 0.5) is 0 Å².